The summed E-state index contributed by atoms with van der Waals surface area (Å²) in [6.07, 6.45) is 7.52. The van der Waals surface area contributed by atoms with E-state index in [1.54, 1.807) is 6.07 Å². The molecule has 0 radical (unpaired) electrons. The number of amides is 1. The van der Waals surface area contributed by atoms with Crippen LogP contribution in [0.1, 0.15) is 48.3 Å². The van der Waals surface area contributed by atoms with E-state index in [0.29, 0.717) is 18.3 Å². The van der Waals surface area contributed by atoms with Crippen LogP contribution in [0.2, 0.25) is 10.0 Å². The van der Waals surface area contributed by atoms with Crippen molar-refractivity contribution in [3.8, 4) is 0 Å². The first-order valence-electron chi connectivity index (χ1n) is 12.2. The summed E-state index contributed by atoms with van der Waals surface area (Å²) in [6, 6.07) is 23.1. The topological polar surface area (TPSA) is 29.1 Å². The number of carbonyl (C=O) groups excluding carboxylic acids is 1. The molecular weight excluding hydrogens is 480 g/mol. The largest absolute Gasteiger partial charge is 0.353 e. The fourth-order valence-electron chi connectivity index (χ4n) is 5.96. The van der Waals surface area contributed by atoms with Crippen LogP contribution in [0, 0.1) is 23.6 Å². The Morgan fingerprint density at radius 1 is 0.914 bits per heavy atom. The normalized spacial score (nSPS) is 24.4. The lowest BCUT2D eigenvalue weighted by Crippen LogP contribution is -2.51. The maximum Gasteiger partial charge on any atom is 0.220 e. The zero-order valence-corrected chi connectivity index (χ0v) is 20.9. The Morgan fingerprint density at radius 2 is 1.57 bits per heavy atom. The average Bonchev–Trinajstić information content (AvgIpc) is 2.85. The highest BCUT2D eigenvalue weighted by molar-refractivity contribution is 6.30. The van der Waals surface area contributed by atoms with Crippen LogP contribution in [0.5, 0.6) is 0 Å². The Bertz CT molecular complexity index is 1160. The van der Waals surface area contributed by atoms with Crippen LogP contribution in [0.3, 0.4) is 0 Å². The van der Waals surface area contributed by atoms with Gasteiger partial charge in [-0.05, 0) is 90.1 Å². The molecule has 0 spiro atoms. The Balaban J connectivity index is 1.44. The summed E-state index contributed by atoms with van der Waals surface area (Å²) in [5.41, 5.74) is 3.30. The number of benzene rings is 3. The molecule has 2 nitrogen and oxygen atoms in total. The van der Waals surface area contributed by atoms with Gasteiger partial charge in [-0.3, -0.25) is 4.79 Å². The van der Waals surface area contributed by atoms with Gasteiger partial charge in [-0.25, -0.2) is 4.39 Å². The second kappa shape index (κ2) is 10.6. The number of halogens is 3. The van der Waals surface area contributed by atoms with Crippen LogP contribution < -0.4 is 5.32 Å². The monoisotopic (exact) mass is 507 g/mol. The molecule has 1 aliphatic carbocycles. The van der Waals surface area contributed by atoms with Gasteiger partial charge in [0.05, 0.1) is 0 Å². The molecular formula is C30H28Cl2FNO. The summed E-state index contributed by atoms with van der Waals surface area (Å²) >= 11 is 12.4. The molecule has 35 heavy (non-hydrogen) atoms. The zero-order chi connectivity index (χ0) is 24.4. The molecule has 1 amide bonds. The molecule has 5 heteroatoms. The quantitative estimate of drug-likeness (QED) is 0.373. The van der Waals surface area contributed by atoms with Gasteiger partial charge in [0, 0.05) is 28.4 Å². The van der Waals surface area contributed by atoms with Crippen molar-refractivity contribution < 1.29 is 9.18 Å². The number of hydrogen-bond acceptors (Lipinski definition) is 1. The average molecular weight is 508 g/mol. The third-order valence-corrected chi connectivity index (χ3v) is 8.08. The maximum absolute atomic E-state index is 13.7. The van der Waals surface area contributed by atoms with Crippen LogP contribution in [0.25, 0.3) is 6.08 Å². The number of allylic oxidation sites excluding steroid dienone is 1. The van der Waals surface area contributed by atoms with Crippen molar-refractivity contribution in [1.29, 1.82) is 0 Å². The van der Waals surface area contributed by atoms with E-state index >= 15 is 0 Å². The molecule has 3 aromatic rings. The SMILES string of the molecule is O=C1CC(/C=C/c2cccc(F)c2)C2CC(C(c3ccc(Cl)cc3)c3ccc(Cl)cc3)CCC2N1. The van der Waals surface area contributed by atoms with Crippen LogP contribution in [-0.2, 0) is 4.79 Å². The summed E-state index contributed by atoms with van der Waals surface area (Å²) in [7, 11) is 0. The third-order valence-electron chi connectivity index (χ3n) is 7.57. The van der Waals surface area contributed by atoms with E-state index in [9.17, 15) is 9.18 Å². The molecule has 1 N–H and O–H groups in total. The number of fused-ring (bicyclic) bond motifs is 1. The van der Waals surface area contributed by atoms with E-state index in [1.165, 1.54) is 23.3 Å². The predicted octanol–water partition coefficient (Wildman–Crippen LogP) is 7.90. The lowest BCUT2D eigenvalue weighted by atomic mass is 9.64. The van der Waals surface area contributed by atoms with E-state index < -0.39 is 0 Å². The third kappa shape index (κ3) is 5.63. The highest BCUT2D eigenvalue weighted by Crippen LogP contribution is 2.46. The first kappa shape index (κ1) is 24.1. The summed E-state index contributed by atoms with van der Waals surface area (Å²) in [5, 5.41) is 4.70. The number of carbonyl (C=O) groups is 1. The van der Waals surface area contributed by atoms with Crippen molar-refractivity contribution in [2.24, 2.45) is 17.8 Å². The molecule has 1 saturated carbocycles. The summed E-state index contributed by atoms with van der Waals surface area (Å²) in [6.45, 7) is 0. The Hall–Kier alpha value is -2.62. The van der Waals surface area contributed by atoms with E-state index in [1.807, 2.05) is 36.4 Å². The molecule has 4 unspecified atom stereocenters. The highest BCUT2D eigenvalue weighted by Gasteiger charge is 2.42. The molecule has 2 aliphatic rings. The molecule has 1 aliphatic heterocycles. The molecule has 1 heterocycles. The van der Waals surface area contributed by atoms with Crippen molar-refractivity contribution >= 4 is 35.2 Å². The fourth-order valence-corrected chi connectivity index (χ4v) is 6.21. The van der Waals surface area contributed by atoms with Crippen molar-refractivity contribution in [2.75, 3.05) is 0 Å². The number of nitrogens with one attached hydrogen (secondary N) is 1. The van der Waals surface area contributed by atoms with Gasteiger partial charge in [-0.2, -0.15) is 0 Å². The van der Waals surface area contributed by atoms with Gasteiger partial charge in [-0.15, -0.1) is 0 Å². The van der Waals surface area contributed by atoms with Crippen molar-refractivity contribution in [2.45, 2.75) is 37.6 Å². The van der Waals surface area contributed by atoms with Gasteiger partial charge in [0.1, 0.15) is 5.82 Å². The van der Waals surface area contributed by atoms with Gasteiger partial charge >= 0.3 is 0 Å². The molecule has 1 saturated heterocycles. The van der Waals surface area contributed by atoms with Crippen LogP contribution in [-0.4, -0.2) is 11.9 Å². The summed E-state index contributed by atoms with van der Waals surface area (Å²) < 4.78 is 13.7. The van der Waals surface area contributed by atoms with Crippen molar-refractivity contribution in [1.82, 2.24) is 5.32 Å². The smallest absolute Gasteiger partial charge is 0.220 e. The number of hydrogen-bond donors (Lipinski definition) is 1. The predicted molar refractivity (Wildman–Crippen MR) is 141 cm³/mol. The van der Waals surface area contributed by atoms with Crippen LogP contribution in [0.15, 0.2) is 78.9 Å². The summed E-state index contributed by atoms with van der Waals surface area (Å²) in [4.78, 5) is 12.5. The standard InChI is InChI=1S/C30H28Cl2FNO/c31-24-11-6-20(7-12-24)30(21-8-13-25(32)14-9-21)23-10-15-28-27(17-23)22(18-29(35)34-28)5-4-19-2-1-3-26(33)16-19/h1-9,11-14,16,22-23,27-28,30H,10,15,17-18H2,(H,34,35)/b5-4+. The lowest BCUT2D eigenvalue weighted by molar-refractivity contribution is -0.126. The van der Waals surface area contributed by atoms with Gasteiger partial charge in [0.15, 0.2) is 0 Å². The van der Waals surface area contributed by atoms with E-state index in [0.717, 1.165) is 34.9 Å². The molecule has 0 bridgehead atoms. The minimum atomic E-state index is -0.252. The van der Waals surface area contributed by atoms with Crippen LogP contribution >= 0.6 is 23.2 Å². The van der Waals surface area contributed by atoms with Gasteiger partial charge in [0.2, 0.25) is 5.91 Å². The summed E-state index contributed by atoms with van der Waals surface area (Å²) in [5.74, 6) is 0.937. The Labute approximate surface area is 216 Å². The Kier molecular flexibility index (Phi) is 7.27. The van der Waals surface area contributed by atoms with E-state index in [4.69, 9.17) is 23.2 Å². The second-order valence-electron chi connectivity index (χ2n) is 9.77. The molecule has 2 fully saturated rings. The number of piperidine rings is 1. The lowest BCUT2D eigenvalue weighted by Gasteiger charge is -2.45. The highest BCUT2D eigenvalue weighted by atomic mass is 35.5. The second-order valence-corrected chi connectivity index (χ2v) is 10.6. The van der Waals surface area contributed by atoms with Crippen LogP contribution in [0.4, 0.5) is 4.39 Å². The van der Waals surface area contributed by atoms with Crippen molar-refractivity contribution in [3.63, 3.8) is 0 Å². The maximum atomic E-state index is 13.7. The molecule has 5 rings (SSSR count). The zero-order valence-electron chi connectivity index (χ0n) is 19.3. The molecule has 4 atom stereocenters. The van der Waals surface area contributed by atoms with E-state index in [-0.39, 0.29) is 29.6 Å². The Morgan fingerprint density at radius 3 is 2.20 bits per heavy atom. The minimum absolute atomic E-state index is 0.102. The number of rotatable bonds is 5. The molecule has 3 aromatic carbocycles. The van der Waals surface area contributed by atoms with E-state index in [2.05, 4.69) is 35.7 Å². The first-order valence-corrected chi connectivity index (χ1v) is 13.0. The van der Waals surface area contributed by atoms with Gasteiger partial charge in [0.25, 0.3) is 0 Å². The van der Waals surface area contributed by atoms with Gasteiger partial charge < -0.3 is 5.32 Å². The fraction of sp³-hybridized carbons (Fsp3) is 0.300. The molecule has 180 valence electrons. The first-order chi connectivity index (χ1) is 17.0. The van der Waals surface area contributed by atoms with Crippen molar-refractivity contribution in [3.05, 3.63) is 111 Å². The molecule has 0 aromatic heterocycles. The minimum Gasteiger partial charge on any atom is -0.353 e. The van der Waals surface area contributed by atoms with Gasteiger partial charge in [-0.1, -0.05) is 71.8 Å².